The molecule has 0 aliphatic heterocycles. The first-order valence-corrected chi connectivity index (χ1v) is 5.02. The van der Waals surface area contributed by atoms with Crippen molar-refractivity contribution in [2.75, 3.05) is 13.7 Å². The Balaban J connectivity index is 2.88. The van der Waals surface area contributed by atoms with Crippen LogP contribution in [0.1, 0.15) is 18.7 Å². The molecule has 0 spiro atoms. The molecule has 2 N–H and O–H groups in total. The number of methoxy groups -OCH3 is 1. The van der Waals surface area contributed by atoms with Gasteiger partial charge in [-0.3, -0.25) is 4.68 Å². The van der Waals surface area contributed by atoms with E-state index in [9.17, 15) is 10.2 Å². The topological polar surface area (TPSA) is 67.5 Å². The van der Waals surface area contributed by atoms with Crippen molar-refractivity contribution in [1.29, 1.82) is 0 Å². The number of ether oxygens (including phenoxy) is 1. The summed E-state index contributed by atoms with van der Waals surface area (Å²) in [7, 11) is 1.58. The number of hydrogen-bond acceptors (Lipinski definition) is 4. The van der Waals surface area contributed by atoms with E-state index in [1.165, 1.54) is 17.8 Å². The lowest BCUT2D eigenvalue weighted by Gasteiger charge is -2.16. The van der Waals surface area contributed by atoms with Gasteiger partial charge in [-0.25, -0.2) is 0 Å². The average Bonchev–Trinajstić information content (AvgIpc) is 2.55. The van der Waals surface area contributed by atoms with E-state index in [-0.39, 0.29) is 0 Å². The minimum atomic E-state index is -1.03. The number of aliphatic hydroxyl groups is 2. The van der Waals surface area contributed by atoms with Gasteiger partial charge >= 0.3 is 0 Å². The molecule has 1 rings (SSSR count). The summed E-state index contributed by atoms with van der Waals surface area (Å²) in [4.78, 5) is 0. The maximum absolute atomic E-state index is 9.71. The number of aromatic nitrogens is 2. The van der Waals surface area contributed by atoms with Gasteiger partial charge in [0.15, 0.2) is 0 Å². The molecule has 5 nitrogen and oxygen atoms in total. The Bertz CT molecular complexity index is 314. The van der Waals surface area contributed by atoms with Crippen LogP contribution in [0.5, 0.6) is 0 Å². The molecule has 0 aliphatic rings. The second-order valence-electron chi connectivity index (χ2n) is 3.28. The summed E-state index contributed by atoms with van der Waals surface area (Å²) >= 11 is 5.87. The lowest BCUT2D eigenvalue weighted by atomic mass is 10.1. The Morgan fingerprint density at radius 1 is 1.60 bits per heavy atom. The Morgan fingerprint density at radius 3 is 2.80 bits per heavy atom. The molecular weight excluding hydrogens is 220 g/mol. The molecule has 0 amide bonds. The largest absolute Gasteiger partial charge is 0.390 e. The standard InChI is InChI=1S/C9H15ClN2O3/c1-6(13)9(14)8-7(10)5-11-12(8)3-4-15-2/h5-6,9,13-14H,3-4H2,1-2H3. The highest BCUT2D eigenvalue weighted by molar-refractivity contribution is 6.31. The van der Waals surface area contributed by atoms with Crippen LogP contribution in [0, 0.1) is 0 Å². The first-order valence-electron chi connectivity index (χ1n) is 4.64. The molecule has 0 bridgehead atoms. The minimum absolute atomic E-state index is 0.347. The Morgan fingerprint density at radius 2 is 2.27 bits per heavy atom. The highest BCUT2D eigenvalue weighted by atomic mass is 35.5. The van der Waals surface area contributed by atoms with E-state index >= 15 is 0 Å². The molecule has 1 aromatic heterocycles. The number of aliphatic hydroxyl groups excluding tert-OH is 2. The maximum Gasteiger partial charge on any atom is 0.123 e. The van der Waals surface area contributed by atoms with Gasteiger partial charge in [-0.15, -0.1) is 0 Å². The van der Waals surface area contributed by atoms with Crippen molar-refractivity contribution < 1.29 is 14.9 Å². The second kappa shape index (κ2) is 5.46. The van der Waals surface area contributed by atoms with E-state index < -0.39 is 12.2 Å². The molecule has 0 fully saturated rings. The zero-order valence-electron chi connectivity index (χ0n) is 8.72. The van der Waals surface area contributed by atoms with Gasteiger partial charge in [0.1, 0.15) is 6.10 Å². The van der Waals surface area contributed by atoms with Crippen molar-refractivity contribution >= 4 is 11.6 Å². The summed E-state index contributed by atoms with van der Waals surface area (Å²) in [6.07, 6.45) is -0.477. The zero-order valence-corrected chi connectivity index (χ0v) is 9.48. The van der Waals surface area contributed by atoms with Crippen LogP contribution in [0.4, 0.5) is 0 Å². The summed E-state index contributed by atoms with van der Waals surface area (Å²) in [6.45, 7) is 2.45. The van der Waals surface area contributed by atoms with E-state index in [0.29, 0.717) is 23.9 Å². The quantitative estimate of drug-likeness (QED) is 0.783. The van der Waals surface area contributed by atoms with Gasteiger partial charge in [0.05, 0.1) is 36.2 Å². The third kappa shape index (κ3) is 2.92. The van der Waals surface area contributed by atoms with Crippen LogP contribution < -0.4 is 0 Å². The first-order chi connectivity index (χ1) is 7.07. The van der Waals surface area contributed by atoms with E-state index in [0.717, 1.165) is 0 Å². The molecule has 0 saturated heterocycles. The van der Waals surface area contributed by atoms with Crippen LogP contribution >= 0.6 is 11.6 Å². The van der Waals surface area contributed by atoms with Crippen molar-refractivity contribution in [2.24, 2.45) is 0 Å². The number of halogens is 1. The van der Waals surface area contributed by atoms with Crippen molar-refractivity contribution in [1.82, 2.24) is 9.78 Å². The fraction of sp³-hybridized carbons (Fsp3) is 0.667. The molecular formula is C9H15ClN2O3. The SMILES string of the molecule is COCCn1ncc(Cl)c1C(O)C(C)O. The normalized spacial score (nSPS) is 15.3. The lowest BCUT2D eigenvalue weighted by Crippen LogP contribution is -2.20. The summed E-state index contributed by atoms with van der Waals surface area (Å²) in [5.74, 6) is 0. The van der Waals surface area contributed by atoms with Crippen LogP contribution in [-0.2, 0) is 11.3 Å². The predicted molar refractivity (Wildman–Crippen MR) is 55.8 cm³/mol. The van der Waals surface area contributed by atoms with Crippen molar-refractivity contribution in [3.05, 3.63) is 16.9 Å². The third-order valence-corrected chi connectivity index (χ3v) is 2.37. The van der Waals surface area contributed by atoms with Crippen molar-refractivity contribution in [3.63, 3.8) is 0 Å². The smallest absolute Gasteiger partial charge is 0.123 e. The van der Waals surface area contributed by atoms with Crippen LogP contribution in [0.25, 0.3) is 0 Å². The Labute approximate surface area is 93.2 Å². The van der Waals surface area contributed by atoms with Gasteiger partial charge in [-0.1, -0.05) is 11.6 Å². The summed E-state index contributed by atoms with van der Waals surface area (Å²) in [6, 6.07) is 0. The molecule has 2 atom stereocenters. The zero-order chi connectivity index (χ0) is 11.4. The fourth-order valence-electron chi connectivity index (χ4n) is 1.25. The van der Waals surface area contributed by atoms with Crippen LogP contribution in [0.3, 0.4) is 0 Å². The maximum atomic E-state index is 9.71. The van der Waals surface area contributed by atoms with E-state index in [1.807, 2.05) is 0 Å². The highest BCUT2D eigenvalue weighted by Gasteiger charge is 2.21. The Hall–Kier alpha value is -0.620. The Kier molecular flexibility index (Phi) is 4.53. The summed E-state index contributed by atoms with van der Waals surface area (Å²) in [5, 5.41) is 23.3. The molecule has 86 valence electrons. The monoisotopic (exact) mass is 234 g/mol. The minimum Gasteiger partial charge on any atom is -0.390 e. The predicted octanol–water partition coefficient (Wildman–Crippen LogP) is 0.597. The van der Waals surface area contributed by atoms with Crippen LogP contribution in [-0.4, -0.2) is 39.8 Å². The van der Waals surface area contributed by atoms with Gasteiger partial charge in [0.25, 0.3) is 0 Å². The van der Waals surface area contributed by atoms with Crippen LogP contribution in [0.15, 0.2) is 6.20 Å². The molecule has 15 heavy (non-hydrogen) atoms. The first kappa shape index (κ1) is 12.4. The molecule has 2 unspecified atom stereocenters. The number of hydrogen-bond donors (Lipinski definition) is 2. The van der Waals surface area contributed by atoms with Crippen LogP contribution in [0.2, 0.25) is 5.02 Å². The molecule has 0 saturated carbocycles. The van der Waals surface area contributed by atoms with E-state index in [2.05, 4.69) is 5.10 Å². The molecule has 1 heterocycles. The van der Waals surface area contributed by atoms with Crippen molar-refractivity contribution in [3.8, 4) is 0 Å². The molecule has 1 aromatic rings. The lowest BCUT2D eigenvalue weighted by molar-refractivity contribution is 0.0240. The van der Waals surface area contributed by atoms with E-state index in [1.54, 1.807) is 7.11 Å². The second-order valence-corrected chi connectivity index (χ2v) is 3.69. The fourth-order valence-corrected chi connectivity index (χ4v) is 1.50. The molecule has 0 aromatic carbocycles. The van der Waals surface area contributed by atoms with Gasteiger partial charge < -0.3 is 14.9 Å². The number of rotatable bonds is 5. The van der Waals surface area contributed by atoms with E-state index in [4.69, 9.17) is 16.3 Å². The molecule has 6 heteroatoms. The molecule has 0 aliphatic carbocycles. The van der Waals surface area contributed by atoms with Gasteiger partial charge in [0, 0.05) is 7.11 Å². The molecule has 0 radical (unpaired) electrons. The average molecular weight is 235 g/mol. The van der Waals surface area contributed by atoms with Gasteiger partial charge in [-0.05, 0) is 6.92 Å². The van der Waals surface area contributed by atoms with Gasteiger partial charge in [-0.2, -0.15) is 5.10 Å². The van der Waals surface area contributed by atoms with Crippen molar-refractivity contribution in [2.45, 2.75) is 25.7 Å². The number of nitrogens with zero attached hydrogens (tertiary/aromatic N) is 2. The van der Waals surface area contributed by atoms with Gasteiger partial charge in [0.2, 0.25) is 0 Å². The third-order valence-electron chi connectivity index (χ3n) is 2.08. The summed E-state index contributed by atoms with van der Waals surface area (Å²) < 4.78 is 6.43. The summed E-state index contributed by atoms with van der Waals surface area (Å²) in [5.41, 5.74) is 0.420. The highest BCUT2D eigenvalue weighted by Crippen LogP contribution is 2.24.